The number of carbonyl (C=O) groups excluding carboxylic acids is 1. The second kappa shape index (κ2) is 6.88. The summed E-state index contributed by atoms with van der Waals surface area (Å²) in [6.45, 7) is 10.7. The van der Waals surface area contributed by atoms with Crippen LogP contribution in [0.1, 0.15) is 77.1 Å². The zero-order chi connectivity index (χ0) is 20.2. The maximum Gasteiger partial charge on any atom is 0.457 e. The molecule has 0 aliphatic carbocycles. The number of fused-ring (bicyclic) bond motifs is 2. The Morgan fingerprint density at radius 2 is 1.75 bits per heavy atom. The third kappa shape index (κ3) is 3.21. The minimum absolute atomic E-state index is 0.00643. The van der Waals surface area contributed by atoms with Gasteiger partial charge in [-0.05, 0) is 84.7 Å². The molecule has 4 rings (SSSR count). The molecular formula is C23H34BNO3. The van der Waals surface area contributed by atoms with Crippen LogP contribution < -0.4 is 0 Å². The zero-order valence-electron chi connectivity index (χ0n) is 18.0. The van der Waals surface area contributed by atoms with Crippen LogP contribution in [0.3, 0.4) is 0 Å². The van der Waals surface area contributed by atoms with Crippen molar-refractivity contribution in [1.82, 2.24) is 4.90 Å². The molecule has 1 aromatic carbocycles. The van der Waals surface area contributed by atoms with E-state index >= 15 is 0 Å². The van der Waals surface area contributed by atoms with E-state index in [0.717, 1.165) is 44.0 Å². The summed E-state index contributed by atoms with van der Waals surface area (Å²) in [6, 6.07) is 10.2. The van der Waals surface area contributed by atoms with Gasteiger partial charge in [0.25, 0.3) is 5.91 Å². The van der Waals surface area contributed by atoms with Crippen molar-refractivity contribution in [2.75, 3.05) is 0 Å². The molecule has 1 amide bonds. The second-order valence-corrected chi connectivity index (χ2v) is 10.1. The maximum atomic E-state index is 13.2. The van der Waals surface area contributed by atoms with Crippen molar-refractivity contribution in [3.63, 3.8) is 0 Å². The van der Waals surface area contributed by atoms with Crippen LogP contribution in [0.15, 0.2) is 30.3 Å². The lowest BCUT2D eigenvalue weighted by Gasteiger charge is -2.36. The van der Waals surface area contributed by atoms with Crippen molar-refractivity contribution in [2.45, 2.75) is 95.8 Å². The van der Waals surface area contributed by atoms with E-state index in [-0.39, 0.29) is 29.8 Å². The Hall–Kier alpha value is -1.33. The second-order valence-electron chi connectivity index (χ2n) is 10.1. The zero-order valence-corrected chi connectivity index (χ0v) is 18.0. The van der Waals surface area contributed by atoms with E-state index in [0.29, 0.717) is 12.0 Å². The van der Waals surface area contributed by atoms with Crippen molar-refractivity contribution in [3.05, 3.63) is 35.9 Å². The molecule has 0 radical (unpaired) electrons. The highest BCUT2D eigenvalue weighted by molar-refractivity contribution is 6.45. The number of amides is 1. The van der Waals surface area contributed by atoms with Crippen LogP contribution in [0.25, 0.3) is 0 Å². The van der Waals surface area contributed by atoms with Crippen molar-refractivity contribution in [3.8, 4) is 0 Å². The van der Waals surface area contributed by atoms with Gasteiger partial charge in [-0.2, -0.15) is 0 Å². The quantitative estimate of drug-likeness (QED) is 0.676. The Morgan fingerprint density at radius 3 is 2.39 bits per heavy atom. The highest BCUT2D eigenvalue weighted by Gasteiger charge is 2.56. The number of benzene rings is 1. The van der Waals surface area contributed by atoms with Crippen molar-refractivity contribution in [1.29, 1.82) is 0 Å². The molecule has 4 nitrogen and oxygen atoms in total. The van der Waals surface area contributed by atoms with E-state index in [1.165, 1.54) is 0 Å². The Kier molecular flexibility index (Phi) is 4.90. The molecule has 0 N–H and O–H groups in total. The van der Waals surface area contributed by atoms with Crippen LogP contribution in [0.4, 0.5) is 0 Å². The summed E-state index contributed by atoms with van der Waals surface area (Å²) in [6.07, 6.45) is 6.54. The van der Waals surface area contributed by atoms with Gasteiger partial charge >= 0.3 is 7.12 Å². The van der Waals surface area contributed by atoms with Gasteiger partial charge in [-0.25, -0.2) is 0 Å². The molecule has 3 heterocycles. The first-order valence-electron chi connectivity index (χ1n) is 10.9. The van der Waals surface area contributed by atoms with Gasteiger partial charge in [-0.3, -0.25) is 4.79 Å². The van der Waals surface area contributed by atoms with Gasteiger partial charge in [0.2, 0.25) is 0 Å². The van der Waals surface area contributed by atoms with Crippen LogP contribution in [0.5, 0.6) is 0 Å². The normalized spacial score (nSPS) is 32.9. The predicted octanol–water partition coefficient (Wildman–Crippen LogP) is 4.94. The van der Waals surface area contributed by atoms with Crippen molar-refractivity contribution >= 4 is 13.0 Å². The van der Waals surface area contributed by atoms with Crippen molar-refractivity contribution < 1.29 is 14.1 Å². The first-order chi connectivity index (χ1) is 13.1. The Morgan fingerprint density at radius 1 is 1.11 bits per heavy atom. The molecule has 5 heteroatoms. The van der Waals surface area contributed by atoms with E-state index in [1.807, 2.05) is 30.3 Å². The Balaban J connectivity index is 1.37. The van der Waals surface area contributed by atoms with Gasteiger partial charge in [0, 0.05) is 17.1 Å². The molecule has 0 aromatic heterocycles. The molecule has 2 bridgehead atoms. The van der Waals surface area contributed by atoms with Crippen LogP contribution >= 0.6 is 0 Å². The fraction of sp³-hybridized carbons (Fsp3) is 0.696. The summed E-state index contributed by atoms with van der Waals surface area (Å²) in [5.74, 6) is 0.778. The fourth-order valence-corrected chi connectivity index (χ4v) is 5.49. The van der Waals surface area contributed by atoms with Crippen LogP contribution in [0, 0.1) is 5.92 Å². The molecule has 0 saturated carbocycles. The van der Waals surface area contributed by atoms with Gasteiger partial charge in [-0.1, -0.05) is 24.6 Å². The average molecular weight is 383 g/mol. The minimum Gasteiger partial charge on any atom is -0.403 e. The number of hydrogen-bond acceptors (Lipinski definition) is 3. The standard InChI is InChI=1S/C23H34BNO3/c1-21(2)22(3,4)28-24(27-21)15-9-12-18-16-19-13-14-23(18,5)25(19)20(26)17-10-7-6-8-11-17/h6-8,10-11,18-19H,9,12-16H2,1-5H3/t18-,19-,23+/m1/s1. The van der Waals surface area contributed by atoms with Gasteiger partial charge in [0.15, 0.2) is 0 Å². The monoisotopic (exact) mass is 383 g/mol. The number of nitrogens with zero attached hydrogens (tertiary/aromatic N) is 1. The lowest BCUT2D eigenvalue weighted by molar-refractivity contribution is 0.00578. The molecule has 3 fully saturated rings. The molecule has 0 spiro atoms. The molecule has 3 aliphatic heterocycles. The molecule has 1 aromatic rings. The summed E-state index contributed by atoms with van der Waals surface area (Å²) >= 11 is 0. The lowest BCUT2D eigenvalue weighted by atomic mass is 9.74. The molecule has 3 aliphatic rings. The summed E-state index contributed by atoms with van der Waals surface area (Å²) in [5.41, 5.74) is 0.302. The van der Waals surface area contributed by atoms with E-state index in [1.54, 1.807) is 0 Å². The van der Waals surface area contributed by atoms with E-state index < -0.39 is 0 Å². The topological polar surface area (TPSA) is 38.8 Å². The number of rotatable bonds is 5. The smallest absolute Gasteiger partial charge is 0.403 e. The molecule has 3 saturated heterocycles. The van der Waals surface area contributed by atoms with Crippen LogP contribution in [-0.2, 0) is 9.31 Å². The maximum absolute atomic E-state index is 13.2. The molecular weight excluding hydrogens is 349 g/mol. The van der Waals surface area contributed by atoms with E-state index in [4.69, 9.17) is 9.31 Å². The van der Waals surface area contributed by atoms with E-state index in [2.05, 4.69) is 39.5 Å². The largest absolute Gasteiger partial charge is 0.457 e. The Bertz CT molecular complexity index is 719. The third-order valence-corrected chi connectivity index (χ3v) is 7.87. The molecule has 152 valence electrons. The highest BCUT2D eigenvalue weighted by atomic mass is 16.7. The first kappa shape index (κ1) is 20.0. The SMILES string of the molecule is CC1(C)OB(CCC[C@@H]2C[C@H]3CC[C@]2(C)N3C(=O)c2ccccc2)OC1(C)C. The summed E-state index contributed by atoms with van der Waals surface area (Å²) in [5, 5.41) is 0. The van der Waals surface area contributed by atoms with Crippen LogP contribution in [0.2, 0.25) is 6.32 Å². The van der Waals surface area contributed by atoms with Gasteiger partial charge < -0.3 is 14.2 Å². The molecule has 28 heavy (non-hydrogen) atoms. The van der Waals surface area contributed by atoms with Gasteiger partial charge in [0.1, 0.15) is 0 Å². The van der Waals surface area contributed by atoms with Crippen molar-refractivity contribution in [2.24, 2.45) is 5.92 Å². The summed E-state index contributed by atoms with van der Waals surface area (Å²) in [4.78, 5) is 15.4. The highest BCUT2D eigenvalue weighted by Crippen LogP contribution is 2.52. The van der Waals surface area contributed by atoms with Gasteiger partial charge in [-0.15, -0.1) is 0 Å². The molecule has 0 unspecified atom stereocenters. The number of carbonyl (C=O) groups is 1. The molecule has 3 atom stereocenters. The minimum atomic E-state index is -0.255. The van der Waals surface area contributed by atoms with Crippen LogP contribution in [-0.4, -0.2) is 40.7 Å². The third-order valence-electron chi connectivity index (χ3n) is 7.87. The first-order valence-corrected chi connectivity index (χ1v) is 10.9. The Labute approximate surface area is 170 Å². The lowest BCUT2D eigenvalue weighted by Crippen LogP contribution is -2.46. The van der Waals surface area contributed by atoms with Gasteiger partial charge in [0.05, 0.1) is 11.2 Å². The summed E-state index contributed by atoms with van der Waals surface area (Å²) < 4.78 is 12.3. The predicted molar refractivity (Wildman–Crippen MR) is 112 cm³/mol. The van der Waals surface area contributed by atoms with E-state index in [9.17, 15) is 4.79 Å². The average Bonchev–Trinajstić information content (AvgIpc) is 3.18. The summed E-state index contributed by atoms with van der Waals surface area (Å²) in [7, 11) is -0.113. The fourth-order valence-electron chi connectivity index (χ4n) is 5.49. The number of hydrogen-bond donors (Lipinski definition) is 0.